The van der Waals surface area contributed by atoms with E-state index in [0.717, 1.165) is 5.56 Å². The maximum absolute atomic E-state index is 9.84. The van der Waals surface area contributed by atoms with Gasteiger partial charge in [-0.15, -0.1) is 0 Å². The van der Waals surface area contributed by atoms with Crippen molar-refractivity contribution in [3.05, 3.63) is 23.8 Å². The van der Waals surface area contributed by atoms with Gasteiger partial charge in [0.2, 0.25) is 0 Å². The minimum atomic E-state index is -0.943. The van der Waals surface area contributed by atoms with Crippen LogP contribution in [0, 0.1) is 0 Å². The molecule has 0 spiro atoms. The van der Waals surface area contributed by atoms with Crippen LogP contribution < -0.4 is 15.9 Å². The summed E-state index contributed by atoms with van der Waals surface area (Å²) in [7, 11) is -0.943. The summed E-state index contributed by atoms with van der Waals surface area (Å²) in [5.41, 5.74) is 5.43. The van der Waals surface area contributed by atoms with Gasteiger partial charge >= 0.3 is 7.12 Å². The first-order chi connectivity index (χ1) is 8.27. The van der Waals surface area contributed by atoms with Gasteiger partial charge in [-0.1, -0.05) is 12.1 Å². The molecule has 1 atom stereocenters. The molecule has 5 nitrogen and oxygen atoms in total. The Labute approximate surface area is 100 Å². The van der Waals surface area contributed by atoms with Crippen molar-refractivity contribution in [2.45, 2.75) is 12.5 Å². The molecule has 0 bridgehead atoms. The van der Waals surface area contributed by atoms with E-state index in [1.807, 2.05) is 12.1 Å². The highest BCUT2D eigenvalue weighted by Gasteiger charge is 2.38. The highest BCUT2D eigenvalue weighted by atomic mass is 16.5. The molecule has 0 saturated carbocycles. The fourth-order valence-corrected chi connectivity index (χ4v) is 2.00. The molecule has 1 unspecified atom stereocenters. The fourth-order valence-electron chi connectivity index (χ4n) is 2.00. The second-order valence-electron chi connectivity index (χ2n) is 3.95. The van der Waals surface area contributed by atoms with Crippen LogP contribution in [0.4, 0.5) is 0 Å². The monoisotopic (exact) mass is 238 g/mol. The van der Waals surface area contributed by atoms with E-state index < -0.39 is 7.12 Å². The number of quaternary nitrogens is 1. The molecule has 1 aromatic carbocycles. The number of fused-ring (bicyclic) bond motifs is 1. The molecule has 2 rings (SSSR count). The zero-order valence-corrected chi connectivity index (χ0v) is 9.63. The number of ether oxygens (including phenoxy) is 1. The lowest BCUT2D eigenvalue weighted by Crippen LogP contribution is -2.53. The SMILES string of the molecule is [NH3+]CC1OB(O)c2c(OCCCO)cccc21. The van der Waals surface area contributed by atoms with Crippen LogP contribution in [-0.4, -0.2) is 37.0 Å². The van der Waals surface area contributed by atoms with Crippen molar-refractivity contribution in [2.75, 3.05) is 19.8 Å². The fraction of sp³-hybridized carbons (Fsp3) is 0.455. The summed E-state index contributed by atoms with van der Waals surface area (Å²) in [6.07, 6.45) is 0.403. The molecule has 1 aliphatic heterocycles. The Balaban J connectivity index is 2.21. The lowest BCUT2D eigenvalue weighted by molar-refractivity contribution is -0.383. The Kier molecular flexibility index (Phi) is 4.01. The molecule has 17 heavy (non-hydrogen) atoms. The van der Waals surface area contributed by atoms with E-state index in [0.29, 0.717) is 30.8 Å². The molecule has 0 amide bonds. The smallest absolute Gasteiger partial charge is 0.494 e. The largest absolute Gasteiger partial charge is 0.496 e. The highest BCUT2D eigenvalue weighted by molar-refractivity contribution is 6.62. The second kappa shape index (κ2) is 5.51. The van der Waals surface area contributed by atoms with Crippen molar-refractivity contribution < 1.29 is 25.3 Å². The van der Waals surface area contributed by atoms with E-state index in [1.165, 1.54) is 0 Å². The topological polar surface area (TPSA) is 86.6 Å². The number of hydrogen-bond acceptors (Lipinski definition) is 4. The molecule has 0 saturated heterocycles. The summed E-state index contributed by atoms with van der Waals surface area (Å²) in [6.45, 7) is 1.09. The quantitative estimate of drug-likeness (QED) is 0.428. The van der Waals surface area contributed by atoms with Gasteiger partial charge in [0.15, 0.2) is 0 Å². The van der Waals surface area contributed by atoms with E-state index in [-0.39, 0.29) is 12.7 Å². The summed E-state index contributed by atoms with van der Waals surface area (Å²) >= 11 is 0. The third kappa shape index (κ3) is 2.45. The van der Waals surface area contributed by atoms with Gasteiger partial charge in [0, 0.05) is 18.5 Å². The molecule has 1 heterocycles. The number of aliphatic hydroxyl groups excluding tert-OH is 1. The summed E-state index contributed by atoms with van der Waals surface area (Å²) < 4.78 is 10.9. The first kappa shape index (κ1) is 12.4. The molecule has 0 aromatic heterocycles. The normalized spacial score (nSPS) is 18.3. The number of aliphatic hydroxyl groups is 1. The first-order valence-electron chi connectivity index (χ1n) is 5.77. The van der Waals surface area contributed by atoms with Crippen molar-refractivity contribution in [3.8, 4) is 5.75 Å². The minimum Gasteiger partial charge on any atom is -0.494 e. The lowest BCUT2D eigenvalue weighted by Gasteiger charge is -2.10. The molecule has 6 heteroatoms. The number of benzene rings is 1. The van der Waals surface area contributed by atoms with Gasteiger partial charge < -0.3 is 25.3 Å². The Hall–Kier alpha value is -1.08. The van der Waals surface area contributed by atoms with Crippen LogP contribution >= 0.6 is 0 Å². The molecule has 0 radical (unpaired) electrons. The average molecular weight is 238 g/mol. The van der Waals surface area contributed by atoms with Crippen LogP contribution in [0.5, 0.6) is 5.75 Å². The van der Waals surface area contributed by atoms with Crippen LogP contribution in [-0.2, 0) is 4.65 Å². The summed E-state index contributed by atoms with van der Waals surface area (Å²) in [5.74, 6) is 0.624. The lowest BCUT2D eigenvalue weighted by atomic mass is 9.78. The van der Waals surface area contributed by atoms with E-state index in [2.05, 4.69) is 5.73 Å². The van der Waals surface area contributed by atoms with Gasteiger partial charge in [-0.2, -0.15) is 0 Å². The highest BCUT2D eigenvalue weighted by Crippen LogP contribution is 2.26. The Morgan fingerprint density at radius 2 is 2.29 bits per heavy atom. The van der Waals surface area contributed by atoms with Crippen molar-refractivity contribution in [1.82, 2.24) is 0 Å². The number of rotatable bonds is 5. The van der Waals surface area contributed by atoms with E-state index in [4.69, 9.17) is 14.5 Å². The molecule has 0 fully saturated rings. The zero-order chi connectivity index (χ0) is 12.3. The minimum absolute atomic E-state index is 0.0928. The van der Waals surface area contributed by atoms with Crippen LogP contribution in [0.2, 0.25) is 0 Å². The molecule has 1 aliphatic rings. The summed E-state index contributed by atoms with van der Waals surface area (Å²) in [6, 6.07) is 5.59. The van der Waals surface area contributed by atoms with Crippen molar-refractivity contribution in [2.24, 2.45) is 0 Å². The van der Waals surface area contributed by atoms with Crippen molar-refractivity contribution >= 4 is 12.6 Å². The van der Waals surface area contributed by atoms with Crippen LogP contribution in [0.25, 0.3) is 0 Å². The molecule has 92 valence electrons. The van der Waals surface area contributed by atoms with Gasteiger partial charge in [0.1, 0.15) is 18.4 Å². The molecular weight excluding hydrogens is 221 g/mol. The van der Waals surface area contributed by atoms with Gasteiger partial charge in [-0.25, -0.2) is 0 Å². The maximum Gasteiger partial charge on any atom is 0.496 e. The Morgan fingerprint density at radius 1 is 1.47 bits per heavy atom. The second-order valence-corrected chi connectivity index (χ2v) is 3.95. The van der Waals surface area contributed by atoms with Crippen LogP contribution in [0.15, 0.2) is 18.2 Å². The third-order valence-corrected chi connectivity index (χ3v) is 2.81. The van der Waals surface area contributed by atoms with E-state index >= 15 is 0 Å². The summed E-state index contributed by atoms with van der Waals surface area (Å²) in [4.78, 5) is 0. The molecule has 5 N–H and O–H groups in total. The zero-order valence-electron chi connectivity index (χ0n) is 9.63. The predicted octanol–water partition coefficient (Wildman–Crippen LogP) is -1.55. The molecule has 0 aliphatic carbocycles. The predicted molar refractivity (Wildman–Crippen MR) is 62.8 cm³/mol. The Bertz CT molecular complexity index is 388. The molecular formula is C11H17BNO4+. The van der Waals surface area contributed by atoms with Crippen molar-refractivity contribution in [1.29, 1.82) is 0 Å². The van der Waals surface area contributed by atoms with E-state index in [1.54, 1.807) is 6.07 Å². The Morgan fingerprint density at radius 3 is 3.00 bits per heavy atom. The van der Waals surface area contributed by atoms with Gasteiger partial charge in [-0.05, 0) is 11.6 Å². The van der Waals surface area contributed by atoms with Gasteiger partial charge in [-0.3, -0.25) is 0 Å². The third-order valence-electron chi connectivity index (χ3n) is 2.81. The van der Waals surface area contributed by atoms with E-state index in [9.17, 15) is 5.02 Å². The summed E-state index contributed by atoms with van der Waals surface area (Å²) in [5, 5.41) is 18.5. The van der Waals surface area contributed by atoms with Crippen LogP contribution in [0.1, 0.15) is 18.1 Å². The van der Waals surface area contributed by atoms with Gasteiger partial charge in [0.05, 0.1) is 6.61 Å². The van der Waals surface area contributed by atoms with Crippen molar-refractivity contribution in [3.63, 3.8) is 0 Å². The maximum atomic E-state index is 9.84. The average Bonchev–Trinajstić information content (AvgIpc) is 2.68. The van der Waals surface area contributed by atoms with Crippen LogP contribution in [0.3, 0.4) is 0 Å². The number of hydrogen-bond donors (Lipinski definition) is 3. The van der Waals surface area contributed by atoms with Gasteiger partial charge in [0.25, 0.3) is 0 Å². The molecule has 1 aromatic rings. The first-order valence-corrected chi connectivity index (χ1v) is 5.77. The standard InChI is InChI=1S/C11H16BNO4/c13-7-10-8-3-1-4-9(16-6-2-5-14)11(8)12(15)17-10/h1,3-4,10,14-15H,2,5-7,13H2/p+1.